The summed E-state index contributed by atoms with van der Waals surface area (Å²) in [6, 6.07) is 8.67. The number of halogens is 1. The van der Waals surface area contributed by atoms with Gasteiger partial charge in [-0.15, -0.1) is 0 Å². The van der Waals surface area contributed by atoms with Crippen molar-refractivity contribution in [3.8, 4) is 0 Å². The number of aryl methyl sites for hydroxylation is 1. The van der Waals surface area contributed by atoms with Crippen molar-refractivity contribution in [3.63, 3.8) is 0 Å². The highest BCUT2D eigenvalue weighted by Crippen LogP contribution is 2.26. The SMILES string of the molecule is CC(c1ccccc1F)S(=O)(=O)Cc1ccn(C)c(=O)c1. The number of aromatic nitrogens is 1. The molecule has 0 aliphatic rings. The van der Waals surface area contributed by atoms with Crippen molar-refractivity contribution in [3.05, 3.63) is 69.9 Å². The van der Waals surface area contributed by atoms with Crippen LogP contribution in [0.2, 0.25) is 0 Å². The van der Waals surface area contributed by atoms with E-state index in [-0.39, 0.29) is 16.9 Å². The second kappa shape index (κ2) is 5.81. The summed E-state index contributed by atoms with van der Waals surface area (Å²) in [6.45, 7) is 1.45. The Bertz CT molecular complexity index is 812. The molecule has 0 aliphatic carbocycles. The molecule has 2 rings (SSSR count). The Hall–Kier alpha value is -1.95. The Kier molecular flexibility index (Phi) is 4.27. The summed E-state index contributed by atoms with van der Waals surface area (Å²) in [5.41, 5.74) is 0.267. The van der Waals surface area contributed by atoms with Gasteiger partial charge in [0.05, 0.1) is 11.0 Å². The standard InChI is InChI=1S/C15H16FNO3S/c1-11(13-5-3-4-6-14(13)16)21(19,20)10-12-7-8-17(2)15(18)9-12/h3-9,11H,10H2,1-2H3. The third kappa shape index (κ3) is 3.39. The number of rotatable bonds is 4. The summed E-state index contributed by atoms with van der Waals surface area (Å²) in [5.74, 6) is -0.837. The molecule has 2 aromatic rings. The Morgan fingerprint density at radius 3 is 2.52 bits per heavy atom. The third-order valence-electron chi connectivity index (χ3n) is 3.42. The molecule has 1 unspecified atom stereocenters. The molecule has 6 heteroatoms. The summed E-state index contributed by atoms with van der Waals surface area (Å²) in [5, 5.41) is -0.970. The number of benzene rings is 1. The zero-order chi connectivity index (χ0) is 15.6. The monoisotopic (exact) mass is 309 g/mol. The molecule has 0 saturated carbocycles. The van der Waals surface area contributed by atoms with Crippen molar-refractivity contribution >= 4 is 9.84 Å². The van der Waals surface area contributed by atoms with Crippen molar-refractivity contribution in [1.82, 2.24) is 4.57 Å². The molecule has 0 bridgehead atoms. The Morgan fingerprint density at radius 1 is 1.24 bits per heavy atom. The van der Waals surface area contributed by atoms with Gasteiger partial charge in [-0.1, -0.05) is 18.2 Å². The van der Waals surface area contributed by atoms with E-state index in [1.165, 1.54) is 42.0 Å². The molecule has 4 nitrogen and oxygen atoms in total. The van der Waals surface area contributed by atoms with E-state index in [9.17, 15) is 17.6 Å². The van der Waals surface area contributed by atoms with E-state index in [4.69, 9.17) is 0 Å². The zero-order valence-corrected chi connectivity index (χ0v) is 12.6. The van der Waals surface area contributed by atoms with Gasteiger partial charge in [0.25, 0.3) is 5.56 Å². The lowest BCUT2D eigenvalue weighted by atomic mass is 10.1. The van der Waals surface area contributed by atoms with E-state index >= 15 is 0 Å². The van der Waals surface area contributed by atoms with E-state index in [1.54, 1.807) is 19.2 Å². The number of hydrogen-bond acceptors (Lipinski definition) is 3. The molecule has 0 radical (unpaired) electrons. The van der Waals surface area contributed by atoms with Crippen LogP contribution < -0.4 is 5.56 Å². The minimum Gasteiger partial charge on any atom is -0.319 e. The maximum absolute atomic E-state index is 13.7. The molecule has 0 aliphatic heterocycles. The molecule has 0 N–H and O–H groups in total. The summed E-state index contributed by atoms with van der Waals surface area (Å²) in [4.78, 5) is 11.5. The van der Waals surface area contributed by atoms with E-state index in [0.29, 0.717) is 5.56 Å². The fourth-order valence-corrected chi connectivity index (χ4v) is 3.51. The molecular formula is C15H16FNO3S. The van der Waals surface area contributed by atoms with Crippen LogP contribution in [0, 0.1) is 5.82 Å². The first-order chi connectivity index (χ1) is 9.81. The molecule has 1 aromatic carbocycles. The predicted molar refractivity (Wildman–Crippen MR) is 79.1 cm³/mol. The van der Waals surface area contributed by atoms with Gasteiger partial charge in [0.1, 0.15) is 5.82 Å². The molecular weight excluding hydrogens is 293 g/mol. The van der Waals surface area contributed by atoms with E-state index in [2.05, 4.69) is 0 Å². The van der Waals surface area contributed by atoms with Crippen molar-refractivity contribution < 1.29 is 12.8 Å². The van der Waals surface area contributed by atoms with Crippen LogP contribution >= 0.6 is 0 Å². The van der Waals surface area contributed by atoms with Crippen LogP contribution in [0.25, 0.3) is 0 Å². The van der Waals surface area contributed by atoms with E-state index < -0.39 is 20.9 Å². The smallest absolute Gasteiger partial charge is 0.250 e. The van der Waals surface area contributed by atoms with Crippen molar-refractivity contribution in [2.75, 3.05) is 0 Å². The van der Waals surface area contributed by atoms with Crippen LogP contribution in [-0.4, -0.2) is 13.0 Å². The minimum absolute atomic E-state index is 0.140. The quantitative estimate of drug-likeness (QED) is 0.870. The van der Waals surface area contributed by atoms with E-state index in [1.807, 2.05) is 0 Å². The van der Waals surface area contributed by atoms with Gasteiger partial charge in [-0.2, -0.15) is 0 Å². The highest BCUT2D eigenvalue weighted by molar-refractivity contribution is 7.90. The van der Waals surface area contributed by atoms with Gasteiger partial charge in [0.15, 0.2) is 9.84 Å². The third-order valence-corrected chi connectivity index (χ3v) is 5.49. The van der Waals surface area contributed by atoms with Crippen molar-refractivity contribution in [2.24, 2.45) is 7.05 Å². The fraction of sp³-hybridized carbons (Fsp3) is 0.267. The number of sulfone groups is 1. The van der Waals surface area contributed by atoms with Crippen LogP contribution in [0.3, 0.4) is 0 Å². The maximum atomic E-state index is 13.7. The molecule has 0 saturated heterocycles. The first kappa shape index (κ1) is 15.4. The molecule has 1 heterocycles. The van der Waals surface area contributed by atoms with Crippen LogP contribution in [0.5, 0.6) is 0 Å². The Labute approximate surface area is 122 Å². The van der Waals surface area contributed by atoms with Gasteiger partial charge in [-0.3, -0.25) is 4.79 Å². The summed E-state index contributed by atoms with van der Waals surface area (Å²) in [6.07, 6.45) is 1.51. The summed E-state index contributed by atoms with van der Waals surface area (Å²) < 4.78 is 39.8. The molecule has 0 fully saturated rings. The maximum Gasteiger partial charge on any atom is 0.250 e. The summed E-state index contributed by atoms with van der Waals surface area (Å²) >= 11 is 0. The van der Waals surface area contributed by atoms with Crippen LogP contribution in [0.4, 0.5) is 4.39 Å². The van der Waals surface area contributed by atoms with Crippen molar-refractivity contribution in [2.45, 2.75) is 17.9 Å². The Balaban J connectivity index is 2.32. The number of nitrogens with zero attached hydrogens (tertiary/aromatic N) is 1. The molecule has 1 atom stereocenters. The van der Waals surface area contributed by atoms with Crippen molar-refractivity contribution in [1.29, 1.82) is 0 Å². The first-order valence-corrected chi connectivity index (χ1v) is 8.14. The van der Waals surface area contributed by atoms with Gasteiger partial charge < -0.3 is 4.57 Å². The number of hydrogen-bond donors (Lipinski definition) is 0. The number of pyridine rings is 1. The zero-order valence-electron chi connectivity index (χ0n) is 11.8. The van der Waals surface area contributed by atoms with Gasteiger partial charge in [-0.25, -0.2) is 12.8 Å². The van der Waals surface area contributed by atoms with Gasteiger partial charge >= 0.3 is 0 Å². The fourth-order valence-electron chi connectivity index (χ4n) is 2.03. The lowest BCUT2D eigenvalue weighted by Gasteiger charge is -2.14. The minimum atomic E-state index is -3.61. The lowest BCUT2D eigenvalue weighted by Crippen LogP contribution is -2.18. The highest BCUT2D eigenvalue weighted by Gasteiger charge is 2.25. The molecule has 0 amide bonds. The molecule has 0 spiro atoms. The van der Waals surface area contributed by atoms with Gasteiger partial charge in [0.2, 0.25) is 0 Å². The average Bonchev–Trinajstić information content (AvgIpc) is 2.42. The summed E-state index contributed by atoms with van der Waals surface area (Å²) in [7, 11) is -2.02. The topological polar surface area (TPSA) is 56.1 Å². The van der Waals surface area contributed by atoms with E-state index in [0.717, 1.165) is 0 Å². The molecule has 112 valence electrons. The highest BCUT2D eigenvalue weighted by atomic mass is 32.2. The Morgan fingerprint density at radius 2 is 1.90 bits per heavy atom. The van der Waals surface area contributed by atoms with Gasteiger partial charge in [-0.05, 0) is 24.6 Å². The largest absolute Gasteiger partial charge is 0.319 e. The van der Waals surface area contributed by atoms with Gasteiger partial charge in [0, 0.05) is 24.9 Å². The van der Waals surface area contributed by atoms with Crippen LogP contribution in [-0.2, 0) is 22.6 Å². The molecule has 1 aromatic heterocycles. The predicted octanol–water partition coefficient (Wildman–Crippen LogP) is 2.20. The van der Waals surface area contributed by atoms with Crippen LogP contribution in [0.15, 0.2) is 47.4 Å². The lowest BCUT2D eigenvalue weighted by molar-refractivity contribution is 0.573. The van der Waals surface area contributed by atoms with Crippen LogP contribution in [0.1, 0.15) is 23.3 Å². The first-order valence-electron chi connectivity index (χ1n) is 6.43. The second-order valence-corrected chi connectivity index (χ2v) is 7.28. The normalized spacial score (nSPS) is 13.1. The average molecular weight is 309 g/mol. The second-order valence-electron chi connectivity index (χ2n) is 4.96. The molecule has 21 heavy (non-hydrogen) atoms.